The number of piperazine rings is 1. The van der Waals surface area contributed by atoms with E-state index in [9.17, 15) is 9.59 Å². The molecular formula is C23H25ClN4O3S. The summed E-state index contributed by atoms with van der Waals surface area (Å²) in [5.74, 6) is -0.143. The summed E-state index contributed by atoms with van der Waals surface area (Å²) < 4.78 is 6.28. The van der Waals surface area contributed by atoms with Crippen LogP contribution in [-0.2, 0) is 17.8 Å². The Labute approximate surface area is 195 Å². The number of ether oxygens (including phenoxy) is 1. The van der Waals surface area contributed by atoms with E-state index < -0.39 is 0 Å². The largest absolute Gasteiger partial charge is 0.383 e. The molecule has 0 spiro atoms. The Balaban J connectivity index is 1.33. The van der Waals surface area contributed by atoms with Gasteiger partial charge in [0, 0.05) is 60.7 Å². The predicted molar refractivity (Wildman–Crippen MR) is 126 cm³/mol. The van der Waals surface area contributed by atoms with Gasteiger partial charge in [0.25, 0.3) is 11.5 Å². The first-order valence-electron chi connectivity index (χ1n) is 10.5. The van der Waals surface area contributed by atoms with Gasteiger partial charge in [0.15, 0.2) is 0 Å². The van der Waals surface area contributed by atoms with Crippen molar-refractivity contribution >= 4 is 28.8 Å². The van der Waals surface area contributed by atoms with Gasteiger partial charge in [0.1, 0.15) is 5.69 Å². The number of benzene rings is 1. The molecule has 3 aromatic rings. The molecule has 1 amide bonds. The molecule has 1 aliphatic heterocycles. The molecule has 0 unspecified atom stereocenters. The lowest BCUT2D eigenvalue weighted by molar-refractivity contribution is 0.0620. The van der Waals surface area contributed by atoms with Crippen LogP contribution >= 0.6 is 22.9 Å². The van der Waals surface area contributed by atoms with Gasteiger partial charge >= 0.3 is 0 Å². The number of carbonyl (C=O) groups is 1. The van der Waals surface area contributed by atoms with E-state index in [1.54, 1.807) is 23.3 Å². The van der Waals surface area contributed by atoms with Gasteiger partial charge in [0.2, 0.25) is 0 Å². The number of methoxy groups -OCH3 is 1. The number of rotatable bonds is 7. The molecule has 0 atom stereocenters. The maximum absolute atomic E-state index is 12.9. The molecule has 9 heteroatoms. The van der Waals surface area contributed by atoms with E-state index in [1.165, 1.54) is 26.6 Å². The highest BCUT2D eigenvalue weighted by Crippen LogP contribution is 2.30. The standard InChI is InChI=1S/C23H25ClN4O3S/c1-31-14-13-28-22(29)8-6-20(25-28)23(30)27-11-9-26(10-12-27)16-19-5-7-21(32-19)17-3-2-4-18(24)15-17/h2-8,15H,9-14,16H2,1H3. The highest BCUT2D eigenvalue weighted by Gasteiger charge is 2.24. The highest BCUT2D eigenvalue weighted by molar-refractivity contribution is 7.15. The lowest BCUT2D eigenvalue weighted by atomic mass is 10.2. The Kier molecular flexibility index (Phi) is 7.36. The van der Waals surface area contributed by atoms with Crippen LogP contribution in [0.4, 0.5) is 0 Å². The predicted octanol–water partition coefficient (Wildman–Crippen LogP) is 3.23. The minimum atomic E-state index is -0.239. The average molecular weight is 473 g/mol. The average Bonchev–Trinajstić information content (AvgIpc) is 3.27. The van der Waals surface area contributed by atoms with Crippen LogP contribution in [0.5, 0.6) is 0 Å². The van der Waals surface area contributed by atoms with Crippen LogP contribution in [0.3, 0.4) is 0 Å². The van der Waals surface area contributed by atoms with Crippen molar-refractivity contribution in [3.63, 3.8) is 0 Å². The number of aromatic nitrogens is 2. The zero-order valence-corrected chi connectivity index (χ0v) is 19.4. The number of carbonyl (C=O) groups excluding carboxylic acids is 1. The van der Waals surface area contributed by atoms with Crippen molar-refractivity contribution in [1.82, 2.24) is 19.6 Å². The molecule has 1 fully saturated rings. The summed E-state index contributed by atoms with van der Waals surface area (Å²) >= 11 is 7.88. The van der Waals surface area contributed by atoms with Crippen LogP contribution < -0.4 is 5.56 Å². The second kappa shape index (κ2) is 10.4. The fraction of sp³-hybridized carbons (Fsp3) is 0.348. The zero-order chi connectivity index (χ0) is 22.5. The lowest BCUT2D eigenvalue weighted by Gasteiger charge is -2.34. The third-order valence-electron chi connectivity index (χ3n) is 5.40. The number of hydrogen-bond donors (Lipinski definition) is 0. The van der Waals surface area contributed by atoms with Crippen LogP contribution in [0.1, 0.15) is 15.4 Å². The molecule has 0 saturated carbocycles. The Morgan fingerprint density at radius 1 is 1.12 bits per heavy atom. The maximum Gasteiger partial charge on any atom is 0.274 e. The molecule has 1 aromatic carbocycles. The van der Waals surface area contributed by atoms with E-state index >= 15 is 0 Å². The van der Waals surface area contributed by atoms with E-state index in [0.717, 1.165) is 30.2 Å². The molecule has 1 saturated heterocycles. The van der Waals surface area contributed by atoms with Gasteiger partial charge in [-0.25, -0.2) is 4.68 Å². The Hall–Kier alpha value is -2.52. The normalized spacial score (nSPS) is 14.6. The maximum atomic E-state index is 12.9. The van der Waals surface area contributed by atoms with Crippen molar-refractivity contribution in [1.29, 1.82) is 0 Å². The van der Waals surface area contributed by atoms with Gasteiger partial charge in [-0.2, -0.15) is 5.10 Å². The van der Waals surface area contributed by atoms with Crippen molar-refractivity contribution in [3.05, 3.63) is 74.5 Å². The highest BCUT2D eigenvalue weighted by atomic mass is 35.5. The molecule has 0 N–H and O–H groups in total. The van der Waals surface area contributed by atoms with E-state index in [-0.39, 0.29) is 11.5 Å². The van der Waals surface area contributed by atoms with Crippen molar-refractivity contribution in [2.75, 3.05) is 39.9 Å². The second-order valence-corrected chi connectivity index (χ2v) is 9.22. The van der Waals surface area contributed by atoms with Gasteiger partial charge in [0.05, 0.1) is 13.2 Å². The lowest BCUT2D eigenvalue weighted by Crippen LogP contribution is -2.48. The monoisotopic (exact) mass is 472 g/mol. The number of halogens is 1. The number of thiophene rings is 1. The minimum absolute atomic E-state index is 0.143. The van der Waals surface area contributed by atoms with E-state index in [0.29, 0.717) is 31.9 Å². The van der Waals surface area contributed by atoms with Crippen LogP contribution in [0.25, 0.3) is 10.4 Å². The molecule has 1 aliphatic rings. The van der Waals surface area contributed by atoms with Gasteiger partial charge in [-0.1, -0.05) is 23.7 Å². The fourth-order valence-corrected chi connectivity index (χ4v) is 4.89. The summed E-state index contributed by atoms with van der Waals surface area (Å²) in [7, 11) is 1.56. The minimum Gasteiger partial charge on any atom is -0.383 e. The smallest absolute Gasteiger partial charge is 0.274 e. The number of amides is 1. The first-order valence-corrected chi connectivity index (χ1v) is 11.7. The Morgan fingerprint density at radius 2 is 1.94 bits per heavy atom. The molecule has 7 nitrogen and oxygen atoms in total. The van der Waals surface area contributed by atoms with E-state index in [1.807, 2.05) is 18.2 Å². The van der Waals surface area contributed by atoms with Crippen LogP contribution in [0.2, 0.25) is 5.02 Å². The van der Waals surface area contributed by atoms with Crippen molar-refractivity contribution in [3.8, 4) is 10.4 Å². The molecule has 0 bridgehead atoms. The molecule has 3 heterocycles. The number of hydrogen-bond acceptors (Lipinski definition) is 6. The van der Waals surface area contributed by atoms with Crippen molar-refractivity contribution in [2.45, 2.75) is 13.1 Å². The summed E-state index contributed by atoms with van der Waals surface area (Å²) in [6, 6.07) is 15.1. The fourth-order valence-electron chi connectivity index (χ4n) is 3.65. The van der Waals surface area contributed by atoms with Crippen LogP contribution in [0, 0.1) is 0 Å². The number of nitrogens with zero attached hydrogens (tertiary/aromatic N) is 4. The summed E-state index contributed by atoms with van der Waals surface area (Å²) in [6.45, 7) is 4.38. The second-order valence-electron chi connectivity index (χ2n) is 7.62. The van der Waals surface area contributed by atoms with Gasteiger partial charge in [-0.15, -0.1) is 11.3 Å². The Morgan fingerprint density at radius 3 is 2.69 bits per heavy atom. The molecule has 2 aromatic heterocycles. The first kappa shape index (κ1) is 22.7. The van der Waals surface area contributed by atoms with E-state index in [4.69, 9.17) is 16.3 Å². The molecule has 32 heavy (non-hydrogen) atoms. The summed E-state index contributed by atoms with van der Waals surface area (Å²) in [4.78, 5) is 31.4. The summed E-state index contributed by atoms with van der Waals surface area (Å²) in [5, 5.41) is 4.96. The molecular weight excluding hydrogens is 448 g/mol. The summed E-state index contributed by atoms with van der Waals surface area (Å²) in [5.41, 5.74) is 1.18. The van der Waals surface area contributed by atoms with Gasteiger partial charge < -0.3 is 9.64 Å². The summed E-state index contributed by atoms with van der Waals surface area (Å²) in [6.07, 6.45) is 0. The van der Waals surface area contributed by atoms with Crippen molar-refractivity contribution < 1.29 is 9.53 Å². The van der Waals surface area contributed by atoms with Crippen molar-refractivity contribution in [2.24, 2.45) is 0 Å². The third-order valence-corrected chi connectivity index (χ3v) is 6.76. The van der Waals surface area contributed by atoms with Crippen LogP contribution in [0.15, 0.2) is 53.3 Å². The third kappa shape index (κ3) is 5.45. The Bertz CT molecular complexity index is 1140. The SMILES string of the molecule is COCCn1nc(C(=O)N2CCN(Cc3ccc(-c4cccc(Cl)c4)s3)CC2)ccc1=O. The molecule has 0 radical (unpaired) electrons. The molecule has 168 valence electrons. The van der Waals surface area contributed by atoms with Gasteiger partial charge in [-0.05, 0) is 35.9 Å². The first-order chi connectivity index (χ1) is 15.5. The van der Waals surface area contributed by atoms with Gasteiger partial charge in [-0.3, -0.25) is 14.5 Å². The van der Waals surface area contributed by atoms with E-state index in [2.05, 4.69) is 28.2 Å². The quantitative estimate of drug-likeness (QED) is 0.528. The zero-order valence-electron chi connectivity index (χ0n) is 17.9. The molecule has 0 aliphatic carbocycles. The topological polar surface area (TPSA) is 67.7 Å². The molecule has 4 rings (SSSR count). The van der Waals surface area contributed by atoms with Crippen LogP contribution in [-0.4, -0.2) is 65.4 Å².